The number of carbonyl (C=O) groups is 1. The predicted molar refractivity (Wildman–Crippen MR) is 99.0 cm³/mol. The lowest BCUT2D eigenvalue weighted by Gasteiger charge is -2.21. The Balaban J connectivity index is 2.36. The van der Waals surface area contributed by atoms with Crippen LogP contribution in [0.3, 0.4) is 0 Å². The van der Waals surface area contributed by atoms with E-state index < -0.39 is 0 Å². The molecule has 1 aliphatic rings. The van der Waals surface area contributed by atoms with Crippen molar-refractivity contribution in [1.29, 1.82) is 0 Å². The van der Waals surface area contributed by atoms with Crippen LogP contribution in [0.25, 0.3) is 0 Å². The standard InChI is InChI=1S/C19H26BrNO3/c1-23-11-10-15(12-14-6-4-3-5-7-14)18-13-16(20)8-9-17(18)19(22)21-24-2/h8-9,12-13,15H,3-7,10-11H2,1-2H3,(H,21,22). The molecule has 1 aromatic rings. The molecule has 2 rings (SSSR count). The molecule has 0 bridgehead atoms. The minimum atomic E-state index is -0.218. The molecule has 1 aromatic carbocycles. The molecule has 1 saturated carbocycles. The van der Waals surface area contributed by atoms with Gasteiger partial charge in [0.15, 0.2) is 0 Å². The van der Waals surface area contributed by atoms with Crippen LogP contribution in [0.2, 0.25) is 0 Å². The van der Waals surface area contributed by atoms with Gasteiger partial charge in [-0.1, -0.05) is 34.0 Å². The Hall–Kier alpha value is -1.17. The van der Waals surface area contributed by atoms with E-state index in [0.717, 1.165) is 29.3 Å². The molecular formula is C19H26BrNO3. The number of amides is 1. The Morgan fingerprint density at radius 2 is 2.04 bits per heavy atom. The fourth-order valence-corrected chi connectivity index (χ4v) is 3.60. The Labute approximate surface area is 152 Å². The number of allylic oxidation sites excluding steroid dienone is 2. The van der Waals surface area contributed by atoms with E-state index in [1.165, 1.54) is 31.9 Å². The average Bonchev–Trinajstić information content (AvgIpc) is 2.59. The zero-order valence-electron chi connectivity index (χ0n) is 14.4. The second kappa shape index (κ2) is 9.97. The van der Waals surface area contributed by atoms with Crippen LogP contribution in [0.5, 0.6) is 0 Å². The summed E-state index contributed by atoms with van der Waals surface area (Å²) in [7, 11) is 3.16. The highest BCUT2D eigenvalue weighted by Crippen LogP contribution is 2.32. The Bertz CT molecular complexity index is 578. The molecule has 0 saturated heterocycles. The van der Waals surface area contributed by atoms with Crippen molar-refractivity contribution in [3.63, 3.8) is 0 Å². The number of carbonyl (C=O) groups excluding carboxylic acids is 1. The number of hydrogen-bond acceptors (Lipinski definition) is 3. The fourth-order valence-electron chi connectivity index (χ4n) is 3.23. The summed E-state index contributed by atoms with van der Waals surface area (Å²) >= 11 is 3.53. The van der Waals surface area contributed by atoms with Crippen molar-refractivity contribution >= 4 is 21.8 Å². The second-order valence-corrected chi connectivity index (χ2v) is 7.06. The first-order chi connectivity index (χ1) is 11.7. The van der Waals surface area contributed by atoms with Crippen molar-refractivity contribution in [3.8, 4) is 0 Å². The molecule has 24 heavy (non-hydrogen) atoms. The summed E-state index contributed by atoms with van der Waals surface area (Å²) in [6.07, 6.45) is 9.37. The van der Waals surface area contributed by atoms with Gasteiger partial charge in [-0.15, -0.1) is 0 Å². The number of rotatable bonds is 7. The number of hydrogen-bond donors (Lipinski definition) is 1. The van der Waals surface area contributed by atoms with Crippen LogP contribution >= 0.6 is 15.9 Å². The van der Waals surface area contributed by atoms with E-state index in [2.05, 4.69) is 27.5 Å². The van der Waals surface area contributed by atoms with E-state index in [9.17, 15) is 4.79 Å². The normalized spacial score (nSPS) is 15.9. The monoisotopic (exact) mass is 395 g/mol. The van der Waals surface area contributed by atoms with Crippen molar-refractivity contribution in [1.82, 2.24) is 5.48 Å². The molecule has 1 fully saturated rings. The summed E-state index contributed by atoms with van der Waals surface area (Å²) in [5.74, 6) is -0.0578. The van der Waals surface area contributed by atoms with Gasteiger partial charge in [0.1, 0.15) is 0 Å². The van der Waals surface area contributed by atoms with Gasteiger partial charge < -0.3 is 4.74 Å². The van der Waals surface area contributed by atoms with Gasteiger partial charge in [0.2, 0.25) is 0 Å². The highest BCUT2D eigenvalue weighted by Gasteiger charge is 2.20. The lowest BCUT2D eigenvalue weighted by atomic mass is 9.86. The molecule has 132 valence electrons. The highest BCUT2D eigenvalue weighted by atomic mass is 79.9. The minimum Gasteiger partial charge on any atom is -0.385 e. The topological polar surface area (TPSA) is 47.6 Å². The molecule has 0 aromatic heterocycles. The van der Waals surface area contributed by atoms with Crippen molar-refractivity contribution in [3.05, 3.63) is 45.4 Å². The number of halogens is 1. The predicted octanol–water partition coefficient (Wildman–Crippen LogP) is 4.75. The molecule has 1 N–H and O–H groups in total. The van der Waals surface area contributed by atoms with Crippen molar-refractivity contribution in [2.75, 3.05) is 20.8 Å². The van der Waals surface area contributed by atoms with Crippen LogP contribution in [0.1, 0.15) is 60.4 Å². The Kier molecular flexibility index (Phi) is 7.95. The summed E-state index contributed by atoms with van der Waals surface area (Å²) in [6, 6.07) is 5.76. The van der Waals surface area contributed by atoms with Crippen molar-refractivity contribution in [2.45, 2.75) is 44.4 Å². The van der Waals surface area contributed by atoms with Gasteiger partial charge in [-0.3, -0.25) is 9.63 Å². The molecule has 0 spiro atoms. The average molecular weight is 396 g/mol. The number of ether oxygens (including phenoxy) is 1. The van der Waals surface area contributed by atoms with Gasteiger partial charge in [0.25, 0.3) is 5.91 Å². The zero-order valence-corrected chi connectivity index (χ0v) is 16.0. The maximum Gasteiger partial charge on any atom is 0.275 e. The molecule has 1 amide bonds. The van der Waals surface area contributed by atoms with Gasteiger partial charge >= 0.3 is 0 Å². The molecule has 1 atom stereocenters. The maximum absolute atomic E-state index is 12.3. The van der Waals surface area contributed by atoms with E-state index in [0.29, 0.717) is 12.2 Å². The van der Waals surface area contributed by atoms with Crippen molar-refractivity contribution in [2.24, 2.45) is 0 Å². The number of hydroxylamine groups is 1. The summed E-state index contributed by atoms with van der Waals surface area (Å²) in [6.45, 7) is 0.659. The molecule has 4 nitrogen and oxygen atoms in total. The molecule has 5 heteroatoms. The molecule has 0 aliphatic heterocycles. The molecule has 0 heterocycles. The van der Waals surface area contributed by atoms with Crippen LogP contribution in [0.4, 0.5) is 0 Å². The third-order valence-electron chi connectivity index (χ3n) is 4.42. The van der Waals surface area contributed by atoms with Gasteiger partial charge in [-0.2, -0.15) is 0 Å². The first kappa shape index (κ1) is 19.2. The lowest BCUT2D eigenvalue weighted by Crippen LogP contribution is -2.24. The number of nitrogens with one attached hydrogen (secondary N) is 1. The van der Waals surface area contributed by atoms with E-state index in [-0.39, 0.29) is 11.8 Å². The summed E-state index contributed by atoms with van der Waals surface area (Å²) < 4.78 is 6.26. The summed E-state index contributed by atoms with van der Waals surface area (Å²) in [4.78, 5) is 17.1. The molecule has 1 unspecified atom stereocenters. The smallest absolute Gasteiger partial charge is 0.275 e. The van der Waals surface area contributed by atoms with Crippen LogP contribution in [0.15, 0.2) is 34.3 Å². The van der Waals surface area contributed by atoms with Crippen molar-refractivity contribution < 1.29 is 14.4 Å². The molecule has 1 aliphatic carbocycles. The fraction of sp³-hybridized carbons (Fsp3) is 0.526. The SMILES string of the molecule is COCCC(C=C1CCCCC1)c1cc(Br)ccc1C(=O)NOC. The maximum atomic E-state index is 12.3. The van der Waals surface area contributed by atoms with Gasteiger partial charge in [0.05, 0.1) is 7.11 Å². The summed E-state index contributed by atoms with van der Waals surface area (Å²) in [5.41, 5.74) is 5.59. The third kappa shape index (κ3) is 5.43. The third-order valence-corrected chi connectivity index (χ3v) is 4.91. The highest BCUT2D eigenvalue weighted by molar-refractivity contribution is 9.10. The number of methoxy groups -OCH3 is 1. The van der Waals surface area contributed by atoms with E-state index >= 15 is 0 Å². The largest absolute Gasteiger partial charge is 0.385 e. The Morgan fingerprint density at radius 1 is 1.29 bits per heavy atom. The second-order valence-electron chi connectivity index (χ2n) is 6.14. The first-order valence-electron chi connectivity index (χ1n) is 8.47. The van der Waals surface area contributed by atoms with Crippen LogP contribution in [0, 0.1) is 0 Å². The molecule has 0 radical (unpaired) electrons. The van der Waals surface area contributed by atoms with Crippen LogP contribution in [-0.4, -0.2) is 26.7 Å². The van der Waals surface area contributed by atoms with E-state index in [4.69, 9.17) is 9.57 Å². The summed E-state index contributed by atoms with van der Waals surface area (Å²) in [5, 5.41) is 0. The lowest BCUT2D eigenvalue weighted by molar-refractivity contribution is 0.0536. The van der Waals surface area contributed by atoms with Gasteiger partial charge in [-0.25, -0.2) is 5.48 Å². The zero-order chi connectivity index (χ0) is 17.4. The van der Waals surface area contributed by atoms with E-state index in [1.807, 2.05) is 18.2 Å². The Morgan fingerprint density at radius 3 is 2.71 bits per heavy atom. The van der Waals surface area contributed by atoms with E-state index in [1.54, 1.807) is 7.11 Å². The van der Waals surface area contributed by atoms with Gasteiger partial charge in [0, 0.05) is 29.7 Å². The quantitative estimate of drug-likeness (QED) is 0.535. The first-order valence-corrected chi connectivity index (χ1v) is 9.26. The van der Waals surface area contributed by atoms with Gasteiger partial charge in [-0.05, 0) is 55.9 Å². The molecular weight excluding hydrogens is 370 g/mol. The number of benzene rings is 1. The van der Waals surface area contributed by atoms with Crippen LogP contribution in [-0.2, 0) is 9.57 Å². The van der Waals surface area contributed by atoms with Crippen LogP contribution < -0.4 is 5.48 Å². The minimum absolute atomic E-state index is 0.160.